The molecule has 0 bridgehead atoms. The van der Waals surface area contributed by atoms with E-state index in [-0.39, 0.29) is 18.3 Å². The Hall–Kier alpha value is -0.280. The molecule has 0 rings (SSSR count). The maximum Gasteiger partial charge on any atom is 0.264 e. The molecule has 0 aromatic heterocycles. The molecule has 0 spiro atoms. The summed E-state index contributed by atoms with van der Waals surface area (Å²) in [5.74, 6) is 0.200. The van der Waals surface area contributed by atoms with Crippen LogP contribution in [0, 0.1) is 0 Å². The minimum absolute atomic E-state index is 0. The Balaban J connectivity index is 0. The highest BCUT2D eigenvalue weighted by Crippen LogP contribution is 2.10. The minimum atomic E-state index is 0. The number of nitrogens with zero attached hydrogens (tertiary/aromatic N) is 1. The van der Waals surface area contributed by atoms with Crippen molar-refractivity contribution >= 4 is 5.91 Å². The molecule has 0 unspecified atom stereocenters. The van der Waals surface area contributed by atoms with Crippen molar-refractivity contribution in [3.05, 3.63) is 0 Å². The third-order valence-electron chi connectivity index (χ3n) is 3.72. The van der Waals surface area contributed by atoms with Crippen molar-refractivity contribution < 1.29 is 21.8 Å². The summed E-state index contributed by atoms with van der Waals surface area (Å²) in [6.07, 6.45) is 13.5. The minimum Gasteiger partial charge on any atom is -1.00 e. The molecular weight excluding hydrogens is 284 g/mol. The second-order valence-corrected chi connectivity index (χ2v) is 6.52. The van der Waals surface area contributed by atoms with E-state index >= 15 is 0 Å². The van der Waals surface area contributed by atoms with Crippen LogP contribution in [-0.2, 0) is 4.79 Å². The summed E-state index contributed by atoms with van der Waals surface area (Å²) in [6.45, 7) is 5.39. The number of amides is 1. The van der Waals surface area contributed by atoms with Gasteiger partial charge in [-0.2, -0.15) is 0 Å². The molecular formula is C17H37ClN2O. The molecule has 0 fully saturated rings. The van der Waals surface area contributed by atoms with Gasteiger partial charge in [-0.1, -0.05) is 65.2 Å². The van der Waals surface area contributed by atoms with Gasteiger partial charge in [0.15, 0.2) is 0 Å². The van der Waals surface area contributed by atoms with Gasteiger partial charge >= 0.3 is 0 Å². The van der Waals surface area contributed by atoms with Crippen LogP contribution in [0.5, 0.6) is 0 Å². The number of carbonyl (C=O) groups is 1. The van der Waals surface area contributed by atoms with E-state index in [9.17, 15) is 4.79 Å². The Morgan fingerprint density at radius 1 is 0.810 bits per heavy atom. The van der Waals surface area contributed by atoms with Crippen molar-refractivity contribution in [2.75, 3.05) is 20.6 Å². The molecule has 21 heavy (non-hydrogen) atoms. The summed E-state index contributed by atoms with van der Waals surface area (Å²) >= 11 is 0. The summed E-state index contributed by atoms with van der Waals surface area (Å²) < 4.78 is 0.604. The van der Waals surface area contributed by atoms with Gasteiger partial charge < -0.3 is 12.4 Å². The van der Waals surface area contributed by atoms with Crippen molar-refractivity contribution in [1.82, 2.24) is 5.43 Å². The zero-order valence-electron chi connectivity index (χ0n) is 14.7. The summed E-state index contributed by atoms with van der Waals surface area (Å²) in [5, 5.41) is 0. The van der Waals surface area contributed by atoms with Crippen molar-refractivity contribution in [2.24, 2.45) is 0 Å². The van der Waals surface area contributed by atoms with E-state index in [4.69, 9.17) is 0 Å². The number of halogens is 1. The van der Waals surface area contributed by atoms with E-state index in [1.54, 1.807) is 0 Å². The lowest BCUT2D eigenvalue weighted by molar-refractivity contribution is -0.925. The van der Waals surface area contributed by atoms with Gasteiger partial charge in [-0.05, 0) is 12.8 Å². The monoisotopic (exact) mass is 320 g/mol. The van der Waals surface area contributed by atoms with Crippen molar-refractivity contribution in [2.45, 2.75) is 84.5 Å². The van der Waals surface area contributed by atoms with Crippen LogP contribution in [0.25, 0.3) is 0 Å². The lowest BCUT2D eigenvalue weighted by Gasteiger charge is -2.28. The van der Waals surface area contributed by atoms with Gasteiger partial charge in [0.25, 0.3) is 5.91 Å². The van der Waals surface area contributed by atoms with Crippen LogP contribution in [0.15, 0.2) is 0 Å². The van der Waals surface area contributed by atoms with Crippen molar-refractivity contribution in [1.29, 1.82) is 0 Å². The Kier molecular flexibility index (Phi) is 16.0. The first-order valence-corrected chi connectivity index (χ1v) is 8.66. The van der Waals surface area contributed by atoms with Gasteiger partial charge in [-0.25, -0.2) is 10.0 Å². The number of carbonyl (C=O) groups excluding carboxylic acids is 1. The maximum absolute atomic E-state index is 11.8. The van der Waals surface area contributed by atoms with Crippen molar-refractivity contribution in [3.8, 4) is 0 Å². The molecule has 0 aliphatic carbocycles. The van der Waals surface area contributed by atoms with E-state index in [0.717, 1.165) is 19.4 Å². The molecule has 1 N–H and O–H groups in total. The van der Waals surface area contributed by atoms with Crippen LogP contribution in [0.2, 0.25) is 0 Å². The number of rotatable bonds is 13. The fourth-order valence-electron chi connectivity index (χ4n) is 2.60. The van der Waals surface area contributed by atoms with E-state index in [1.165, 1.54) is 51.4 Å². The summed E-state index contributed by atoms with van der Waals surface area (Å²) in [5.41, 5.74) is 3.08. The Labute approximate surface area is 138 Å². The van der Waals surface area contributed by atoms with Crippen LogP contribution >= 0.6 is 0 Å². The van der Waals surface area contributed by atoms with Crippen LogP contribution in [0.1, 0.15) is 84.5 Å². The fraction of sp³-hybridized carbons (Fsp3) is 0.941. The highest BCUT2D eigenvalue weighted by atomic mass is 35.5. The number of hydrogen-bond donors (Lipinski definition) is 1. The predicted octanol–water partition coefficient (Wildman–Crippen LogP) is 1.43. The molecule has 0 saturated carbocycles. The molecule has 1 amide bonds. The summed E-state index contributed by atoms with van der Waals surface area (Å²) in [4.78, 5) is 11.8. The summed E-state index contributed by atoms with van der Waals surface area (Å²) in [7, 11) is 4.11. The summed E-state index contributed by atoms with van der Waals surface area (Å²) in [6, 6.07) is 0. The molecule has 0 radical (unpaired) electrons. The van der Waals surface area contributed by atoms with Gasteiger partial charge in [0.1, 0.15) is 6.54 Å². The molecule has 0 aliphatic rings. The van der Waals surface area contributed by atoms with Crippen LogP contribution in [0.4, 0.5) is 0 Å². The lowest BCUT2D eigenvalue weighted by Crippen LogP contribution is -3.00. The van der Waals surface area contributed by atoms with E-state index in [1.807, 2.05) is 0 Å². The standard InChI is InChI=1S/C17H36N2O.ClH/c1-5-7-8-9-10-11-12-13-14-15-17(20)18-19(3,4)16-6-2;/h5-16H2,1-4H3;1H. The SMILES string of the molecule is CCCCCCCCCCCC(=O)N[N+](C)(C)CCC.[Cl-]. The topological polar surface area (TPSA) is 29.1 Å². The Morgan fingerprint density at radius 3 is 1.76 bits per heavy atom. The average molecular weight is 321 g/mol. The third kappa shape index (κ3) is 15.9. The second kappa shape index (κ2) is 14.6. The normalized spacial score (nSPS) is 11.0. The van der Waals surface area contributed by atoms with Crippen LogP contribution in [-0.4, -0.2) is 31.1 Å². The van der Waals surface area contributed by atoms with Gasteiger partial charge in [-0.15, -0.1) is 0 Å². The fourth-order valence-corrected chi connectivity index (χ4v) is 2.60. The number of nitrogens with one attached hydrogen (secondary N) is 1. The van der Waals surface area contributed by atoms with Gasteiger partial charge in [0, 0.05) is 6.42 Å². The third-order valence-corrected chi connectivity index (χ3v) is 3.72. The quantitative estimate of drug-likeness (QED) is 0.310. The van der Waals surface area contributed by atoms with Gasteiger partial charge in [-0.3, -0.25) is 4.79 Å². The average Bonchev–Trinajstić information content (AvgIpc) is 2.36. The molecule has 128 valence electrons. The van der Waals surface area contributed by atoms with E-state index in [0.29, 0.717) is 11.0 Å². The Morgan fingerprint density at radius 2 is 1.29 bits per heavy atom. The van der Waals surface area contributed by atoms with Gasteiger partial charge in [0.05, 0.1) is 14.1 Å². The first-order chi connectivity index (χ1) is 9.52. The predicted molar refractivity (Wildman–Crippen MR) is 87.3 cm³/mol. The molecule has 0 saturated heterocycles. The zero-order chi connectivity index (χ0) is 15.3. The number of hydrogen-bond acceptors (Lipinski definition) is 1. The van der Waals surface area contributed by atoms with Crippen LogP contribution in [0.3, 0.4) is 0 Å². The second-order valence-electron chi connectivity index (χ2n) is 6.52. The van der Waals surface area contributed by atoms with E-state index in [2.05, 4.69) is 33.4 Å². The molecule has 4 heteroatoms. The van der Waals surface area contributed by atoms with Crippen LogP contribution < -0.4 is 17.8 Å². The number of quaternary nitrogens is 1. The smallest absolute Gasteiger partial charge is 0.264 e. The largest absolute Gasteiger partial charge is 1.00 e. The molecule has 0 heterocycles. The molecule has 0 aromatic rings. The highest BCUT2D eigenvalue weighted by molar-refractivity contribution is 5.74. The molecule has 0 aliphatic heterocycles. The first-order valence-electron chi connectivity index (χ1n) is 8.66. The highest BCUT2D eigenvalue weighted by Gasteiger charge is 2.16. The van der Waals surface area contributed by atoms with Gasteiger partial charge in [0.2, 0.25) is 0 Å². The molecule has 0 aromatic carbocycles. The maximum atomic E-state index is 11.8. The Bertz CT molecular complexity index is 245. The zero-order valence-corrected chi connectivity index (χ0v) is 15.5. The molecule has 0 atom stereocenters. The first kappa shape index (κ1) is 23.0. The number of unbranched alkanes of at least 4 members (excludes halogenated alkanes) is 8. The van der Waals surface area contributed by atoms with E-state index < -0.39 is 0 Å². The lowest BCUT2D eigenvalue weighted by atomic mass is 10.1. The van der Waals surface area contributed by atoms with Crippen molar-refractivity contribution in [3.63, 3.8) is 0 Å². The molecule has 3 nitrogen and oxygen atoms in total.